The number of nitrogens with one attached hydrogen (secondary N) is 1. The average molecular weight is 391 g/mol. The summed E-state index contributed by atoms with van der Waals surface area (Å²) in [4.78, 5) is 40.1. The van der Waals surface area contributed by atoms with Gasteiger partial charge in [-0.3, -0.25) is 14.6 Å². The van der Waals surface area contributed by atoms with Crippen LogP contribution < -0.4 is 11.1 Å². The Kier molecular flexibility index (Phi) is 8.67. The third kappa shape index (κ3) is 6.49. The van der Waals surface area contributed by atoms with E-state index in [0.717, 1.165) is 57.7 Å². The van der Waals surface area contributed by atoms with Gasteiger partial charge in [-0.25, -0.2) is 4.79 Å². The molecule has 28 heavy (non-hydrogen) atoms. The summed E-state index contributed by atoms with van der Waals surface area (Å²) >= 11 is 0. The predicted octanol–water partition coefficient (Wildman–Crippen LogP) is 0.479. The molecule has 154 valence electrons. The molecule has 9 nitrogen and oxygen atoms in total. The van der Waals surface area contributed by atoms with Crippen LogP contribution in [0.4, 0.5) is 4.79 Å². The summed E-state index contributed by atoms with van der Waals surface area (Å²) in [7, 11) is 0. The number of carboxylic acid groups (broad SMARTS) is 1. The number of nitrogens with two attached hydrogens (primary N) is 1. The van der Waals surface area contributed by atoms with E-state index in [-0.39, 0.29) is 24.3 Å². The Morgan fingerprint density at radius 2 is 1.96 bits per heavy atom. The smallest absolute Gasteiger partial charge is 0.317 e. The van der Waals surface area contributed by atoms with Gasteiger partial charge in [0.05, 0.1) is 0 Å². The lowest BCUT2D eigenvalue weighted by molar-refractivity contribution is -0.123. The van der Waals surface area contributed by atoms with Crippen LogP contribution in [-0.4, -0.2) is 77.6 Å². The van der Waals surface area contributed by atoms with Crippen molar-refractivity contribution in [2.24, 2.45) is 11.7 Å². The molecular formula is C19H29N5O4. The van der Waals surface area contributed by atoms with E-state index in [1.54, 1.807) is 6.20 Å². The van der Waals surface area contributed by atoms with Crippen molar-refractivity contribution in [1.82, 2.24) is 20.1 Å². The zero-order valence-corrected chi connectivity index (χ0v) is 16.0. The topological polar surface area (TPSA) is 129 Å². The number of piperidine rings is 1. The molecule has 0 unspecified atom stereocenters. The molecule has 3 rings (SSSR count). The number of urea groups is 1. The van der Waals surface area contributed by atoms with E-state index in [4.69, 9.17) is 15.6 Å². The maximum Gasteiger partial charge on any atom is 0.317 e. The van der Waals surface area contributed by atoms with Crippen LogP contribution >= 0.6 is 0 Å². The molecule has 0 atom stereocenters. The number of hydrogen-bond donors (Lipinski definition) is 3. The SMILES string of the molecule is NC(=O)C1CCN(CCCNC(=O)N2CC(c3ccccn3)C2)CC1.O=CO. The minimum atomic E-state index is -0.250. The Morgan fingerprint density at radius 1 is 1.29 bits per heavy atom. The van der Waals surface area contributed by atoms with Crippen molar-refractivity contribution in [2.45, 2.75) is 25.2 Å². The van der Waals surface area contributed by atoms with E-state index in [1.165, 1.54) is 0 Å². The number of carbonyl (C=O) groups excluding carboxylic acids is 2. The third-order valence-electron chi connectivity index (χ3n) is 5.19. The Hall–Kier alpha value is -2.68. The fourth-order valence-electron chi connectivity index (χ4n) is 3.50. The number of pyridine rings is 1. The van der Waals surface area contributed by atoms with Crippen molar-refractivity contribution in [1.29, 1.82) is 0 Å². The lowest BCUT2D eigenvalue weighted by Gasteiger charge is -2.38. The Labute approximate surface area is 164 Å². The van der Waals surface area contributed by atoms with Crippen molar-refractivity contribution >= 4 is 18.4 Å². The van der Waals surface area contributed by atoms with Gasteiger partial charge in [0, 0.05) is 43.4 Å². The Morgan fingerprint density at radius 3 is 2.54 bits per heavy atom. The van der Waals surface area contributed by atoms with Gasteiger partial charge in [0.2, 0.25) is 5.91 Å². The monoisotopic (exact) mass is 391 g/mol. The van der Waals surface area contributed by atoms with E-state index in [9.17, 15) is 9.59 Å². The van der Waals surface area contributed by atoms with E-state index in [0.29, 0.717) is 12.5 Å². The first-order chi connectivity index (χ1) is 13.5. The van der Waals surface area contributed by atoms with Crippen molar-refractivity contribution in [3.05, 3.63) is 30.1 Å². The minimum Gasteiger partial charge on any atom is -0.483 e. The van der Waals surface area contributed by atoms with Crippen LogP contribution in [0.2, 0.25) is 0 Å². The van der Waals surface area contributed by atoms with Gasteiger partial charge < -0.3 is 26.0 Å². The maximum atomic E-state index is 12.1. The van der Waals surface area contributed by atoms with Gasteiger partial charge in [-0.1, -0.05) is 6.07 Å². The highest BCUT2D eigenvalue weighted by atomic mass is 16.3. The van der Waals surface area contributed by atoms with Crippen LogP contribution in [0.3, 0.4) is 0 Å². The molecule has 0 aromatic carbocycles. The van der Waals surface area contributed by atoms with Crippen LogP contribution in [0, 0.1) is 5.92 Å². The number of carbonyl (C=O) groups is 3. The van der Waals surface area contributed by atoms with Gasteiger partial charge in [-0.2, -0.15) is 0 Å². The number of aromatic nitrogens is 1. The molecule has 0 radical (unpaired) electrons. The van der Waals surface area contributed by atoms with Crippen LogP contribution in [0.25, 0.3) is 0 Å². The highest BCUT2D eigenvalue weighted by molar-refractivity contribution is 5.76. The zero-order valence-electron chi connectivity index (χ0n) is 16.0. The van der Waals surface area contributed by atoms with E-state index in [2.05, 4.69) is 15.2 Å². The molecule has 2 aliphatic heterocycles. The molecule has 0 aliphatic carbocycles. The molecule has 3 heterocycles. The molecule has 0 saturated carbocycles. The molecule has 1 aromatic heterocycles. The van der Waals surface area contributed by atoms with Crippen LogP contribution in [0.1, 0.15) is 30.9 Å². The molecule has 2 fully saturated rings. The molecule has 1 aromatic rings. The third-order valence-corrected chi connectivity index (χ3v) is 5.19. The largest absolute Gasteiger partial charge is 0.483 e. The molecule has 2 saturated heterocycles. The fourth-order valence-corrected chi connectivity index (χ4v) is 3.50. The summed E-state index contributed by atoms with van der Waals surface area (Å²) in [6, 6.07) is 5.92. The highest BCUT2D eigenvalue weighted by Gasteiger charge is 2.32. The zero-order chi connectivity index (χ0) is 20.4. The number of primary amides is 1. The van der Waals surface area contributed by atoms with Gasteiger partial charge in [-0.05, 0) is 51.0 Å². The lowest BCUT2D eigenvalue weighted by atomic mass is 9.96. The molecule has 3 amide bonds. The van der Waals surface area contributed by atoms with E-state index < -0.39 is 0 Å². The standard InChI is InChI=1S/C18H27N5O2.CH2O2/c19-17(24)14-5-10-22(11-6-14)9-3-8-21-18(25)23-12-15(13-23)16-4-1-2-7-20-16;2-1-3/h1-2,4,7,14-15H,3,5-6,8-13H2,(H2,19,24)(H,21,25);1H,(H,2,3). The van der Waals surface area contributed by atoms with Crippen LogP contribution in [0.15, 0.2) is 24.4 Å². The van der Waals surface area contributed by atoms with E-state index >= 15 is 0 Å². The fraction of sp³-hybridized carbons (Fsp3) is 0.579. The summed E-state index contributed by atoms with van der Waals surface area (Å²) in [6.45, 7) is 4.69. The second-order valence-corrected chi connectivity index (χ2v) is 7.07. The number of hydrogen-bond acceptors (Lipinski definition) is 5. The Bertz CT molecular complexity index is 628. The van der Waals surface area contributed by atoms with Gasteiger partial charge in [0.1, 0.15) is 0 Å². The quantitative estimate of drug-likeness (QED) is 0.478. The second-order valence-electron chi connectivity index (χ2n) is 7.07. The van der Waals surface area contributed by atoms with Gasteiger partial charge in [0.15, 0.2) is 0 Å². The first kappa shape index (κ1) is 21.6. The first-order valence-electron chi connectivity index (χ1n) is 9.58. The van der Waals surface area contributed by atoms with Crippen molar-refractivity contribution in [2.75, 3.05) is 39.3 Å². The normalized spacial score (nSPS) is 17.8. The number of nitrogens with zero attached hydrogens (tertiary/aromatic N) is 3. The summed E-state index contributed by atoms with van der Waals surface area (Å²) in [6.07, 6.45) is 4.42. The number of amides is 3. The molecular weight excluding hydrogens is 362 g/mol. The van der Waals surface area contributed by atoms with Crippen molar-refractivity contribution < 1.29 is 19.5 Å². The summed E-state index contributed by atoms with van der Waals surface area (Å²) in [5.74, 6) is 0.221. The van der Waals surface area contributed by atoms with Gasteiger partial charge in [-0.15, -0.1) is 0 Å². The van der Waals surface area contributed by atoms with Crippen molar-refractivity contribution in [3.8, 4) is 0 Å². The Balaban J connectivity index is 0.000000878. The van der Waals surface area contributed by atoms with E-state index in [1.807, 2.05) is 23.1 Å². The average Bonchev–Trinajstić information content (AvgIpc) is 2.66. The maximum absolute atomic E-state index is 12.1. The summed E-state index contributed by atoms with van der Waals surface area (Å²) in [5.41, 5.74) is 6.41. The molecule has 0 spiro atoms. The van der Waals surface area contributed by atoms with Gasteiger partial charge in [0.25, 0.3) is 6.47 Å². The summed E-state index contributed by atoms with van der Waals surface area (Å²) < 4.78 is 0. The molecule has 2 aliphatic rings. The first-order valence-corrected chi connectivity index (χ1v) is 9.58. The molecule has 4 N–H and O–H groups in total. The predicted molar refractivity (Wildman–Crippen MR) is 104 cm³/mol. The van der Waals surface area contributed by atoms with Crippen LogP contribution in [-0.2, 0) is 9.59 Å². The highest BCUT2D eigenvalue weighted by Crippen LogP contribution is 2.24. The molecule has 0 bridgehead atoms. The second kappa shape index (κ2) is 11.2. The number of rotatable bonds is 6. The number of likely N-dealkylation sites (tertiary alicyclic amines) is 2. The van der Waals surface area contributed by atoms with Crippen LogP contribution in [0.5, 0.6) is 0 Å². The lowest BCUT2D eigenvalue weighted by Crippen LogP contribution is -2.53. The summed E-state index contributed by atoms with van der Waals surface area (Å²) in [5, 5.41) is 9.88. The minimum absolute atomic E-state index is 0.0135. The van der Waals surface area contributed by atoms with Crippen molar-refractivity contribution in [3.63, 3.8) is 0 Å². The molecule has 9 heteroatoms. The van der Waals surface area contributed by atoms with Gasteiger partial charge >= 0.3 is 6.03 Å².